The van der Waals surface area contributed by atoms with Gasteiger partial charge in [0.25, 0.3) is 5.91 Å². The van der Waals surface area contributed by atoms with Gasteiger partial charge in [-0.05, 0) is 26.0 Å². The van der Waals surface area contributed by atoms with Gasteiger partial charge in [0.2, 0.25) is 0 Å². The molecule has 0 spiro atoms. The second kappa shape index (κ2) is 5.27. The van der Waals surface area contributed by atoms with Gasteiger partial charge in [0.15, 0.2) is 0 Å². The number of rotatable bonds is 3. The van der Waals surface area contributed by atoms with Crippen LogP contribution in [0.4, 0.5) is 4.39 Å². The molecule has 0 aliphatic rings. The number of amides is 1. The van der Waals surface area contributed by atoms with E-state index in [-0.39, 0.29) is 11.7 Å². The maximum Gasteiger partial charge on any atom is 0.263 e. The quantitative estimate of drug-likeness (QED) is 0.926. The molecule has 0 atom stereocenters. The van der Waals surface area contributed by atoms with Gasteiger partial charge in [0.1, 0.15) is 15.7 Å². The zero-order valence-corrected chi connectivity index (χ0v) is 11.0. The van der Waals surface area contributed by atoms with Crippen molar-refractivity contribution in [1.82, 2.24) is 10.3 Å². The minimum Gasteiger partial charge on any atom is -0.352 e. The van der Waals surface area contributed by atoms with Crippen LogP contribution in [0.5, 0.6) is 0 Å². The average Bonchev–Trinajstić information content (AvgIpc) is 2.72. The molecule has 3 nitrogen and oxygen atoms in total. The van der Waals surface area contributed by atoms with E-state index in [1.54, 1.807) is 25.1 Å². The first-order chi connectivity index (χ1) is 8.63. The maximum atomic E-state index is 13.6. The Bertz CT molecular complexity index is 580. The van der Waals surface area contributed by atoms with E-state index in [0.717, 1.165) is 0 Å². The summed E-state index contributed by atoms with van der Waals surface area (Å²) in [7, 11) is 0. The number of carbonyl (C=O) groups is 1. The van der Waals surface area contributed by atoms with E-state index >= 15 is 0 Å². The largest absolute Gasteiger partial charge is 0.352 e. The molecule has 1 heterocycles. The molecule has 0 aliphatic heterocycles. The van der Waals surface area contributed by atoms with Crippen LogP contribution in [-0.4, -0.2) is 17.4 Å². The molecule has 0 aliphatic carbocycles. The van der Waals surface area contributed by atoms with Gasteiger partial charge in [-0.15, -0.1) is 11.3 Å². The fourth-order valence-electron chi connectivity index (χ4n) is 1.60. The molecule has 2 aromatic rings. The van der Waals surface area contributed by atoms with Gasteiger partial charge in [-0.3, -0.25) is 4.79 Å². The average molecular weight is 264 g/mol. The molecule has 0 saturated carbocycles. The summed E-state index contributed by atoms with van der Waals surface area (Å²) >= 11 is 1.21. The number of carbonyl (C=O) groups excluding carboxylic acids is 1. The lowest BCUT2D eigenvalue weighted by molar-refractivity contribution is 0.0959. The van der Waals surface area contributed by atoms with E-state index in [9.17, 15) is 9.18 Å². The predicted octanol–water partition coefficient (Wildman–Crippen LogP) is 3.01. The first-order valence-corrected chi connectivity index (χ1v) is 6.45. The van der Waals surface area contributed by atoms with E-state index in [1.165, 1.54) is 17.4 Å². The molecule has 0 saturated heterocycles. The summed E-state index contributed by atoms with van der Waals surface area (Å²) in [6, 6.07) is 6.43. The van der Waals surface area contributed by atoms with E-state index in [4.69, 9.17) is 0 Å². The van der Waals surface area contributed by atoms with Crippen LogP contribution in [0.3, 0.4) is 0 Å². The van der Waals surface area contributed by atoms with Crippen LogP contribution in [0.15, 0.2) is 24.3 Å². The van der Waals surface area contributed by atoms with E-state index < -0.39 is 0 Å². The molecule has 94 valence electrons. The Kier molecular flexibility index (Phi) is 3.72. The zero-order valence-electron chi connectivity index (χ0n) is 10.2. The lowest BCUT2D eigenvalue weighted by Gasteiger charge is -1.98. The summed E-state index contributed by atoms with van der Waals surface area (Å²) in [5.41, 5.74) is 1.06. The molecule has 1 aromatic heterocycles. The Morgan fingerprint density at radius 3 is 2.83 bits per heavy atom. The van der Waals surface area contributed by atoms with Crippen molar-refractivity contribution in [2.24, 2.45) is 0 Å². The minimum absolute atomic E-state index is 0.157. The molecule has 0 fully saturated rings. The van der Waals surface area contributed by atoms with Crippen LogP contribution in [0.1, 0.15) is 22.3 Å². The van der Waals surface area contributed by atoms with Crippen LogP contribution in [0.25, 0.3) is 10.6 Å². The Balaban J connectivity index is 2.41. The second-order valence-corrected chi connectivity index (χ2v) is 4.77. The van der Waals surface area contributed by atoms with Gasteiger partial charge in [-0.1, -0.05) is 12.1 Å². The normalized spacial score (nSPS) is 10.4. The van der Waals surface area contributed by atoms with Crippen molar-refractivity contribution in [2.45, 2.75) is 13.8 Å². The summed E-state index contributed by atoms with van der Waals surface area (Å²) < 4.78 is 13.6. The predicted molar refractivity (Wildman–Crippen MR) is 70.3 cm³/mol. The number of hydrogen-bond donors (Lipinski definition) is 1. The molecule has 0 radical (unpaired) electrons. The Morgan fingerprint density at radius 1 is 1.44 bits per heavy atom. The number of nitrogens with one attached hydrogen (secondary N) is 1. The molecule has 18 heavy (non-hydrogen) atoms. The van der Waals surface area contributed by atoms with Gasteiger partial charge < -0.3 is 5.32 Å². The minimum atomic E-state index is -0.325. The summed E-state index contributed by atoms with van der Waals surface area (Å²) in [6.07, 6.45) is 0. The lowest BCUT2D eigenvalue weighted by atomic mass is 10.2. The summed E-state index contributed by atoms with van der Waals surface area (Å²) in [4.78, 5) is 16.6. The third-order valence-corrected chi connectivity index (χ3v) is 3.63. The topological polar surface area (TPSA) is 42.0 Å². The SMILES string of the molecule is CCNC(=O)c1sc(-c2ccccc2F)nc1C. The van der Waals surface area contributed by atoms with Gasteiger partial charge in [-0.25, -0.2) is 9.37 Å². The highest BCUT2D eigenvalue weighted by Crippen LogP contribution is 2.29. The first kappa shape index (κ1) is 12.7. The van der Waals surface area contributed by atoms with E-state index in [1.807, 2.05) is 6.92 Å². The first-order valence-electron chi connectivity index (χ1n) is 5.64. The molecular formula is C13H13FN2OS. The highest BCUT2D eigenvalue weighted by Gasteiger charge is 2.16. The Morgan fingerprint density at radius 2 is 2.17 bits per heavy atom. The van der Waals surface area contributed by atoms with Gasteiger partial charge in [-0.2, -0.15) is 0 Å². The van der Waals surface area contributed by atoms with Crippen LogP contribution in [-0.2, 0) is 0 Å². The van der Waals surface area contributed by atoms with Gasteiger partial charge in [0.05, 0.1) is 5.69 Å². The third kappa shape index (κ3) is 2.41. The molecule has 1 N–H and O–H groups in total. The number of nitrogens with zero attached hydrogens (tertiary/aromatic N) is 1. The molecular weight excluding hydrogens is 251 g/mol. The number of aryl methyl sites for hydroxylation is 1. The smallest absolute Gasteiger partial charge is 0.263 e. The Labute approximate surface area is 109 Å². The number of benzene rings is 1. The summed E-state index contributed by atoms with van der Waals surface area (Å²) in [6.45, 7) is 4.17. The van der Waals surface area contributed by atoms with E-state index in [0.29, 0.717) is 27.7 Å². The second-order valence-electron chi connectivity index (χ2n) is 3.77. The highest BCUT2D eigenvalue weighted by atomic mass is 32.1. The molecule has 1 aromatic carbocycles. The van der Waals surface area contributed by atoms with Crippen molar-refractivity contribution in [3.8, 4) is 10.6 Å². The molecule has 1 amide bonds. The fourth-order valence-corrected chi connectivity index (χ4v) is 2.61. The van der Waals surface area contributed by atoms with Crippen molar-refractivity contribution in [3.05, 3.63) is 40.7 Å². The van der Waals surface area contributed by atoms with Crippen molar-refractivity contribution in [1.29, 1.82) is 0 Å². The van der Waals surface area contributed by atoms with Crippen LogP contribution >= 0.6 is 11.3 Å². The Hall–Kier alpha value is -1.75. The summed E-state index contributed by atoms with van der Waals surface area (Å²) in [5.74, 6) is -0.483. The number of hydrogen-bond acceptors (Lipinski definition) is 3. The maximum absolute atomic E-state index is 13.6. The van der Waals surface area contributed by atoms with Crippen molar-refractivity contribution in [2.75, 3.05) is 6.54 Å². The zero-order chi connectivity index (χ0) is 13.1. The monoisotopic (exact) mass is 264 g/mol. The van der Waals surface area contributed by atoms with Gasteiger partial charge >= 0.3 is 0 Å². The fraction of sp³-hybridized carbons (Fsp3) is 0.231. The number of thiazole rings is 1. The molecule has 5 heteroatoms. The highest BCUT2D eigenvalue weighted by molar-refractivity contribution is 7.17. The van der Waals surface area contributed by atoms with Gasteiger partial charge in [0, 0.05) is 12.1 Å². The summed E-state index contributed by atoms with van der Waals surface area (Å²) in [5, 5.41) is 3.25. The van der Waals surface area contributed by atoms with Crippen LogP contribution in [0.2, 0.25) is 0 Å². The van der Waals surface area contributed by atoms with Crippen LogP contribution < -0.4 is 5.32 Å². The number of halogens is 1. The molecule has 2 rings (SSSR count). The molecule has 0 bridgehead atoms. The van der Waals surface area contributed by atoms with Crippen molar-refractivity contribution < 1.29 is 9.18 Å². The van der Waals surface area contributed by atoms with E-state index in [2.05, 4.69) is 10.3 Å². The number of aromatic nitrogens is 1. The van der Waals surface area contributed by atoms with Crippen molar-refractivity contribution >= 4 is 17.2 Å². The van der Waals surface area contributed by atoms with Crippen molar-refractivity contribution in [3.63, 3.8) is 0 Å². The third-order valence-electron chi connectivity index (χ3n) is 2.44. The standard InChI is InChI=1S/C13H13FN2OS/c1-3-15-12(17)11-8(2)16-13(18-11)9-6-4-5-7-10(9)14/h4-7H,3H2,1-2H3,(H,15,17). The molecule has 0 unspecified atom stereocenters. The van der Waals surface area contributed by atoms with Crippen LogP contribution in [0, 0.1) is 12.7 Å². The lowest BCUT2D eigenvalue weighted by Crippen LogP contribution is -2.22.